The standard InChI is InChI=1S/C20H40N6O3S.HI/c1-4-10-22-19(27)16-25-11-8-18(9-12-25)24-20(21-5-2)23-15-17-6-13-26(14-7-17)30(3,28)29;/h17-18H,4-16H2,1-3H3,(H,22,27)(H2,21,23,24);1H. The van der Waals surface area contributed by atoms with E-state index in [1.165, 1.54) is 6.26 Å². The quantitative estimate of drug-likeness (QED) is 0.215. The molecule has 9 nitrogen and oxygen atoms in total. The van der Waals surface area contributed by atoms with Crippen molar-refractivity contribution in [2.75, 3.05) is 58.6 Å². The van der Waals surface area contributed by atoms with Crippen LogP contribution in [0, 0.1) is 5.92 Å². The molecule has 0 aromatic carbocycles. The summed E-state index contributed by atoms with van der Waals surface area (Å²) >= 11 is 0. The third kappa shape index (κ3) is 10.7. The van der Waals surface area contributed by atoms with Gasteiger partial charge in [0.2, 0.25) is 15.9 Å². The van der Waals surface area contributed by atoms with Crippen LogP contribution in [-0.2, 0) is 14.8 Å². The molecular weight excluding hydrogens is 531 g/mol. The lowest BCUT2D eigenvalue weighted by atomic mass is 9.98. The molecule has 0 spiro atoms. The molecule has 3 N–H and O–H groups in total. The molecule has 2 aliphatic heterocycles. The number of carbonyl (C=O) groups is 1. The Hall–Kier alpha value is -0.660. The first-order chi connectivity index (χ1) is 14.3. The van der Waals surface area contributed by atoms with E-state index in [1.54, 1.807) is 4.31 Å². The van der Waals surface area contributed by atoms with Crippen LogP contribution in [0.1, 0.15) is 46.0 Å². The Kier molecular flexibility index (Phi) is 13.3. The van der Waals surface area contributed by atoms with E-state index in [2.05, 4.69) is 34.7 Å². The van der Waals surface area contributed by atoms with E-state index in [4.69, 9.17) is 4.99 Å². The van der Waals surface area contributed by atoms with Crippen molar-refractivity contribution in [1.82, 2.24) is 25.2 Å². The predicted molar refractivity (Wildman–Crippen MR) is 136 cm³/mol. The maximum absolute atomic E-state index is 11.9. The van der Waals surface area contributed by atoms with Crippen LogP contribution < -0.4 is 16.0 Å². The fraction of sp³-hybridized carbons (Fsp3) is 0.900. The second-order valence-corrected chi connectivity index (χ2v) is 10.4. The molecule has 0 bridgehead atoms. The largest absolute Gasteiger partial charge is 0.357 e. The van der Waals surface area contributed by atoms with Crippen LogP contribution in [-0.4, -0.2) is 94.1 Å². The fourth-order valence-corrected chi connectivity index (χ4v) is 4.79. The van der Waals surface area contributed by atoms with E-state index in [-0.39, 0.29) is 29.9 Å². The van der Waals surface area contributed by atoms with Gasteiger partial charge in [0.15, 0.2) is 5.96 Å². The van der Waals surface area contributed by atoms with Gasteiger partial charge in [0, 0.05) is 51.9 Å². The molecular formula is C20H41IN6O3S. The van der Waals surface area contributed by atoms with Crippen molar-refractivity contribution in [1.29, 1.82) is 0 Å². The molecule has 0 aromatic heterocycles. The first kappa shape index (κ1) is 28.4. The zero-order valence-electron chi connectivity index (χ0n) is 19.2. The number of hydrogen-bond donors (Lipinski definition) is 3. The molecule has 0 aliphatic carbocycles. The third-order valence-corrected chi connectivity index (χ3v) is 7.07. The van der Waals surface area contributed by atoms with E-state index in [0.29, 0.717) is 38.1 Å². The number of piperidine rings is 2. The lowest BCUT2D eigenvalue weighted by molar-refractivity contribution is -0.122. The number of aliphatic imine (C=N–C) groups is 1. The summed E-state index contributed by atoms with van der Waals surface area (Å²) in [5, 5.41) is 9.80. The van der Waals surface area contributed by atoms with Crippen LogP contribution in [0.25, 0.3) is 0 Å². The van der Waals surface area contributed by atoms with Crippen LogP contribution in [0.15, 0.2) is 4.99 Å². The molecule has 0 radical (unpaired) electrons. The van der Waals surface area contributed by atoms with E-state index >= 15 is 0 Å². The maximum Gasteiger partial charge on any atom is 0.234 e. The van der Waals surface area contributed by atoms with Crippen molar-refractivity contribution in [3.63, 3.8) is 0 Å². The summed E-state index contributed by atoms with van der Waals surface area (Å²) in [6.07, 6.45) is 5.92. The number of nitrogens with zero attached hydrogens (tertiary/aromatic N) is 3. The minimum Gasteiger partial charge on any atom is -0.357 e. The van der Waals surface area contributed by atoms with Gasteiger partial charge in [-0.25, -0.2) is 12.7 Å². The van der Waals surface area contributed by atoms with Crippen molar-refractivity contribution in [2.45, 2.75) is 52.0 Å². The molecule has 2 rings (SSSR count). The first-order valence-electron chi connectivity index (χ1n) is 11.3. The number of halogens is 1. The zero-order chi connectivity index (χ0) is 22.0. The summed E-state index contributed by atoms with van der Waals surface area (Å²) < 4.78 is 24.9. The highest BCUT2D eigenvalue weighted by molar-refractivity contribution is 14.0. The van der Waals surface area contributed by atoms with Crippen molar-refractivity contribution in [3.8, 4) is 0 Å². The smallest absolute Gasteiger partial charge is 0.234 e. The van der Waals surface area contributed by atoms with Crippen LogP contribution in [0.2, 0.25) is 0 Å². The number of rotatable bonds is 9. The Balaban J connectivity index is 0.00000480. The highest BCUT2D eigenvalue weighted by atomic mass is 127. The highest BCUT2D eigenvalue weighted by Crippen LogP contribution is 2.19. The summed E-state index contributed by atoms with van der Waals surface area (Å²) in [6, 6.07) is 0.352. The molecule has 11 heteroatoms. The first-order valence-corrected chi connectivity index (χ1v) is 13.2. The van der Waals surface area contributed by atoms with Gasteiger partial charge < -0.3 is 16.0 Å². The van der Waals surface area contributed by atoms with Gasteiger partial charge in [0.1, 0.15) is 0 Å². The minimum absolute atomic E-state index is 0. The molecule has 0 saturated carbocycles. The number of hydrogen-bond acceptors (Lipinski definition) is 5. The molecule has 1 amide bonds. The molecule has 2 fully saturated rings. The summed E-state index contributed by atoms with van der Waals surface area (Å²) in [6.45, 7) is 9.83. The molecule has 182 valence electrons. The molecule has 0 aromatic rings. The number of guanidine groups is 1. The number of carbonyl (C=O) groups excluding carboxylic acids is 1. The van der Waals surface area contributed by atoms with Gasteiger partial charge >= 0.3 is 0 Å². The highest BCUT2D eigenvalue weighted by Gasteiger charge is 2.25. The number of amides is 1. The summed E-state index contributed by atoms with van der Waals surface area (Å²) in [7, 11) is -3.08. The second kappa shape index (κ2) is 14.5. The molecule has 0 unspecified atom stereocenters. The summed E-state index contributed by atoms with van der Waals surface area (Å²) in [5.41, 5.74) is 0. The van der Waals surface area contributed by atoms with Gasteiger partial charge in [-0.1, -0.05) is 6.92 Å². The monoisotopic (exact) mass is 572 g/mol. The Labute approximate surface area is 205 Å². The van der Waals surface area contributed by atoms with Gasteiger partial charge in [-0.15, -0.1) is 24.0 Å². The van der Waals surface area contributed by atoms with Crippen molar-refractivity contribution >= 4 is 45.9 Å². The van der Waals surface area contributed by atoms with Crippen molar-refractivity contribution < 1.29 is 13.2 Å². The van der Waals surface area contributed by atoms with E-state index in [9.17, 15) is 13.2 Å². The van der Waals surface area contributed by atoms with Gasteiger partial charge in [0.05, 0.1) is 12.8 Å². The summed E-state index contributed by atoms with van der Waals surface area (Å²) in [5.74, 6) is 1.36. The fourth-order valence-electron chi connectivity index (χ4n) is 3.92. The molecule has 2 heterocycles. The summed E-state index contributed by atoms with van der Waals surface area (Å²) in [4.78, 5) is 18.9. The van der Waals surface area contributed by atoms with Crippen molar-refractivity contribution in [2.24, 2.45) is 10.9 Å². The molecule has 31 heavy (non-hydrogen) atoms. The van der Waals surface area contributed by atoms with Crippen LogP contribution >= 0.6 is 24.0 Å². The number of sulfonamides is 1. The maximum atomic E-state index is 11.9. The second-order valence-electron chi connectivity index (χ2n) is 8.37. The van der Waals surface area contributed by atoms with Gasteiger partial charge in [-0.05, 0) is 44.9 Å². The third-order valence-electron chi connectivity index (χ3n) is 5.76. The molecule has 2 aliphatic rings. The Morgan fingerprint density at radius 3 is 2.23 bits per heavy atom. The zero-order valence-corrected chi connectivity index (χ0v) is 22.4. The SMILES string of the molecule is CCCNC(=O)CN1CCC(NC(=NCC2CCN(S(C)(=O)=O)CC2)NCC)CC1.I. The van der Waals surface area contributed by atoms with Crippen LogP contribution in [0.5, 0.6) is 0 Å². The normalized spacial score (nSPS) is 20.2. The lowest BCUT2D eigenvalue weighted by Gasteiger charge is -2.33. The van der Waals surface area contributed by atoms with Gasteiger partial charge in [-0.3, -0.25) is 14.7 Å². The Morgan fingerprint density at radius 1 is 1.03 bits per heavy atom. The lowest BCUT2D eigenvalue weighted by Crippen LogP contribution is -2.50. The van der Waals surface area contributed by atoms with E-state index in [1.807, 2.05) is 0 Å². The van der Waals surface area contributed by atoms with Crippen LogP contribution in [0.3, 0.4) is 0 Å². The Bertz CT molecular complexity index is 660. The van der Waals surface area contributed by atoms with E-state index < -0.39 is 10.0 Å². The Morgan fingerprint density at radius 2 is 1.68 bits per heavy atom. The molecule has 0 atom stereocenters. The topological polar surface area (TPSA) is 106 Å². The predicted octanol–water partition coefficient (Wildman–Crippen LogP) is 0.822. The van der Waals surface area contributed by atoms with Gasteiger partial charge in [-0.2, -0.15) is 0 Å². The molecule has 2 saturated heterocycles. The van der Waals surface area contributed by atoms with Crippen LogP contribution in [0.4, 0.5) is 0 Å². The number of nitrogens with one attached hydrogen (secondary N) is 3. The van der Waals surface area contributed by atoms with E-state index in [0.717, 1.165) is 64.2 Å². The van der Waals surface area contributed by atoms with Gasteiger partial charge in [0.25, 0.3) is 0 Å². The average molecular weight is 573 g/mol. The minimum atomic E-state index is -3.08. The average Bonchev–Trinajstić information content (AvgIpc) is 2.71. The number of likely N-dealkylation sites (tertiary alicyclic amines) is 1. The van der Waals surface area contributed by atoms with Crippen molar-refractivity contribution in [3.05, 3.63) is 0 Å².